The van der Waals surface area contributed by atoms with Crippen molar-refractivity contribution in [3.8, 4) is 5.88 Å². The van der Waals surface area contributed by atoms with Crippen LogP contribution in [0.3, 0.4) is 0 Å². The molecule has 1 aromatic rings. The lowest BCUT2D eigenvalue weighted by molar-refractivity contribution is 0.534. The third kappa shape index (κ3) is 3.24. The smallest absolute Gasteiger partial charge is 0.244 e. The number of aromatic nitrogens is 1. The predicted molar refractivity (Wildman–Crippen MR) is 53.2 cm³/mol. The molecule has 0 fully saturated rings. The first kappa shape index (κ1) is 9.54. The number of halogens is 1. The van der Waals surface area contributed by atoms with Gasteiger partial charge in [-0.15, -0.1) is 0 Å². The number of hydrogen-bond donors (Lipinski definition) is 0. The van der Waals surface area contributed by atoms with Gasteiger partial charge in [-0.05, 0) is 31.8 Å². The maximum absolute atomic E-state index is 5.70. The molecule has 0 bridgehead atoms. The van der Waals surface area contributed by atoms with Gasteiger partial charge in [-0.3, -0.25) is 0 Å². The summed E-state index contributed by atoms with van der Waals surface area (Å²) in [5.74, 6) is 0.627. The van der Waals surface area contributed by atoms with Crippen molar-refractivity contribution in [1.82, 2.24) is 4.98 Å². The molecule has 0 N–H and O–H groups in total. The van der Waals surface area contributed by atoms with Crippen molar-refractivity contribution in [2.45, 2.75) is 19.6 Å². The maximum Gasteiger partial charge on any atom is 0.244 e. The van der Waals surface area contributed by atoms with E-state index in [-0.39, 0.29) is 0 Å². The van der Waals surface area contributed by atoms with Crippen molar-refractivity contribution in [1.29, 1.82) is 0 Å². The van der Waals surface area contributed by atoms with Crippen molar-refractivity contribution >= 4 is 19.9 Å². The van der Waals surface area contributed by atoms with Crippen LogP contribution >= 0.6 is 11.6 Å². The summed E-state index contributed by atoms with van der Waals surface area (Å²) in [6.45, 7) is 6.32. The summed E-state index contributed by atoms with van der Waals surface area (Å²) in [5, 5.41) is 0.478. The molecule has 0 radical (unpaired) electrons. The number of hydrogen-bond acceptors (Lipinski definition) is 2. The second-order valence-corrected chi connectivity index (χ2v) is 8.33. The van der Waals surface area contributed by atoms with Crippen LogP contribution in [0.4, 0.5) is 0 Å². The van der Waals surface area contributed by atoms with Crippen molar-refractivity contribution in [2.75, 3.05) is 0 Å². The van der Waals surface area contributed by atoms with E-state index in [1.807, 2.05) is 12.1 Å². The quantitative estimate of drug-likeness (QED) is 0.542. The molecule has 0 saturated carbocycles. The molecule has 0 amide bonds. The van der Waals surface area contributed by atoms with Gasteiger partial charge < -0.3 is 4.43 Å². The fourth-order valence-electron chi connectivity index (χ4n) is 0.760. The SMILES string of the molecule is C[Si](C)(C)Oc1cccc(Cl)n1. The minimum atomic E-state index is -1.54. The van der Waals surface area contributed by atoms with Gasteiger partial charge in [-0.2, -0.15) is 0 Å². The Balaban J connectivity index is 2.77. The van der Waals surface area contributed by atoms with E-state index in [4.69, 9.17) is 16.0 Å². The third-order valence-electron chi connectivity index (χ3n) is 1.10. The largest absolute Gasteiger partial charge is 0.531 e. The van der Waals surface area contributed by atoms with Crippen LogP contribution in [0.25, 0.3) is 0 Å². The lowest BCUT2D eigenvalue weighted by Crippen LogP contribution is -2.29. The molecule has 0 aliphatic carbocycles. The first-order valence-electron chi connectivity index (χ1n) is 3.79. The first-order chi connectivity index (χ1) is 5.47. The Labute approximate surface area is 78.7 Å². The summed E-state index contributed by atoms with van der Waals surface area (Å²) < 4.78 is 5.63. The molecule has 12 heavy (non-hydrogen) atoms. The average Bonchev–Trinajstić information content (AvgIpc) is 1.82. The van der Waals surface area contributed by atoms with Crippen LogP contribution in [0.15, 0.2) is 18.2 Å². The Morgan fingerprint density at radius 1 is 1.33 bits per heavy atom. The van der Waals surface area contributed by atoms with Crippen molar-refractivity contribution in [3.63, 3.8) is 0 Å². The van der Waals surface area contributed by atoms with Crippen LogP contribution < -0.4 is 4.43 Å². The Bertz CT molecular complexity index is 272. The van der Waals surface area contributed by atoms with Crippen LogP contribution in [0.2, 0.25) is 24.8 Å². The summed E-state index contributed by atoms with van der Waals surface area (Å²) in [5.41, 5.74) is 0. The van der Waals surface area contributed by atoms with Crippen LogP contribution in [0.1, 0.15) is 0 Å². The van der Waals surface area contributed by atoms with Gasteiger partial charge in [0.05, 0.1) is 0 Å². The standard InChI is InChI=1S/C8H12ClNOSi/c1-12(2,3)11-8-6-4-5-7(9)10-8/h4-6H,1-3H3. The normalized spacial score (nSPS) is 11.3. The highest BCUT2D eigenvalue weighted by molar-refractivity contribution is 6.70. The van der Waals surface area contributed by atoms with E-state index in [0.717, 1.165) is 0 Å². The summed E-state index contributed by atoms with van der Waals surface area (Å²) in [6.07, 6.45) is 0. The van der Waals surface area contributed by atoms with Gasteiger partial charge in [-0.25, -0.2) is 4.98 Å². The van der Waals surface area contributed by atoms with Gasteiger partial charge in [0, 0.05) is 0 Å². The summed E-state index contributed by atoms with van der Waals surface area (Å²) in [4.78, 5) is 4.04. The highest BCUT2D eigenvalue weighted by Crippen LogP contribution is 2.15. The molecular weight excluding hydrogens is 190 g/mol. The van der Waals surface area contributed by atoms with Crippen molar-refractivity contribution in [2.24, 2.45) is 0 Å². The third-order valence-corrected chi connectivity index (χ3v) is 2.13. The zero-order valence-electron chi connectivity index (χ0n) is 7.47. The molecule has 0 saturated heterocycles. The Morgan fingerprint density at radius 3 is 2.50 bits per heavy atom. The molecule has 1 heterocycles. The van der Waals surface area contributed by atoms with Gasteiger partial charge in [0.25, 0.3) is 0 Å². The molecule has 1 aromatic heterocycles. The average molecular weight is 202 g/mol. The van der Waals surface area contributed by atoms with Crippen molar-refractivity contribution in [3.05, 3.63) is 23.4 Å². The molecule has 0 atom stereocenters. The van der Waals surface area contributed by atoms with E-state index < -0.39 is 8.32 Å². The van der Waals surface area contributed by atoms with E-state index >= 15 is 0 Å². The number of pyridine rings is 1. The minimum absolute atomic E-state index is 0.478. The zero-order valence-corrected chi connectivity index (χ0v) is 9.22. The molecule has 2 nitrogen and oxygen atoms in total. The summed E-state index contributed by atoms with van der Waals surface area (Å²) in [7, 11) is -1.54. The predicted octanol–water partition coefficient (Wildman–Crippen LogP) is 2.95. The van der Waals surface area contributed by atoms with E-state index in [1.54, 1.807) is 6.07 Å². The lowest BCUT2D eigenvalue weighted by Gasteiger charge is -2.17. The molecule has 66 valence electrons. The van der Waals surface area contributed by atoms with E-state index in [0.29, 0.717) is 11.0 Å². The van der Waals surface area contributed by atoms with Crippen LogP contribution in [-0.2, 0) is 0 Å². The monoisotopic (exact) mass is 201 g/mol. The molecule has 4 heteroatoms. The van der Waals surface area contributed by atoms with Gasteiger partial charge in [0.15, 0.2) is 0 Å². The minimum Gasteiger partial charge on any atom is -0.531 e. The molecule has 0 spiro atoms. The van der Waals surface area contributed by atoms with Crippen LogP contribution in [-0.4, -0.2) is 13.3 Å². The number of rotatable bonds is 2. The second kappa shape index (κ2) is 3.45. The molecular formula is C8H12ClNOSi. The fourth-order valence-corrected chi connectivity index (χ4v) is 1.66. The van der Waals surface area contributed by atoms with Gasteiger partial charge >= 0.3 is 0 Å². The second-order valence-electron chi connectivity index (χ2n) is 3.51. The molecule has 0 aromatic carbocycles. The fraction of sp³-hybridized carbons (Fsp3) is 0.375. The van der Waals surface area contributed by atoms with E-state index in [9.17, 15) is 0 Å². The highest BCUT2D eigenvalue weighted by atomic mass is 35.5. The van der Waals surface area contributed by atoms with E-state index in [2.05, 4.69) is 24.6 Å². The summed E-state index contributed by atoms with van der Waals surface area (Å²) >= 11 is 5.70. The Morgan fingerprint density at radius 2 is 2.00 bits per heavy atom. The Kier molecular flexibility index (Phi) is 2.75. The molecule has 0 aliphatic rings. The van der Waals surface area contributed by atoms with Gasteiger partial charge in [-0.1, -0.05) is 17.7 Å². The van der Waals surface area contributed by atoms with Crippen molar-refractivity contribution < 1.29 is 4.43 Å². The van der Waals surface area contributed by atoms with Crippen LogP contribution in [0.5, 0.6) is 5.88 Å². The molecule has 0 unspecified atom stereocenters. The maximum atomic E-state index is 5.70. The zero-order chi connectivity index (χ0) is 9.19. The first-order valence-corrected chi connectivity index (χ1v) is 7.57. The van der Waals surface area contributed by atoms with Crippen LogP contribution in [0, 0.1) is 0 Å². The summed E-state index contributed by atoms with van der Waals surface area (Å²) in [6, 6.07) is 5.40. The molecule has 1 rings (SSSR count). The lowest BCUT2D eigenvalue weighted by atomic mass is 10.5. The molecule has 0 aliphatic heterocycles. The van der Waals surface area contributed by atoms with E-state index in [1.165, 1.54) is 0 Å². The topological polar surface area (TPSA) is 22.1 Å². The highest BCUT2D eigenvalue weighted by Gasteiger charge is 2.16. The number of nitrogens with zero attached hydrogens (tertiary/aromatic N) is 1. The van der Waals surface area contributed by atoms with Gasteiger partial charge in [0.1, 0.15) is 5.15 Å². The van der Waals surface area contributed by atoms with Gasteiger partial charge in [0.2, 0.25) is 14.2 Å². The Hall–Kier alpha value is -0.543.